The first kappa shape index (κ1) is 25.5. The SMILES string of the molecule is Cc1cc(-c2cncc(N[N+](O)(O)C(C)C)c2)nc2c1C(=O)N(c1cnn(CC(F)(F)F)c1)C2(C)C. The van der Waals surface area contributed by atoms with Crippen LogP contribution in [0.1, 0.15) is 49.3 Å². The fraction of sp³-hybridized carbons (Fsp3) is 0.391. The summed E-state index contributed by atoms with van der Waals surface area (Å²) >= 11 is 0. The topological polar surface area (TPSA) is 116 Å². The largest absolute Gasteiger partial charge is 0.408 e. The van der Waals surface area contributed by atoms with Crippen molar-refractivity contribution in [2.75, 3.05) is 10.3 Å². The fourth-order valence-electron chi connectivity index (χ4n) is 4.14. The van der Waals surface area contributed by atoms with Gasteiger partial charge in [-0.1, -0.05) is 0 Å². The van der Waals surface area contributed by atoms with Gasteiger partial charge in [-0.15, -0.1) is 0 Å². The molecule has 10 nitrogen and oxygen atoms in total. The summed E-state index contributed by atoms with van der Waals surface area (Å²) in [6.45, 7) is 7.25. The summed E-state index contributed by atoms with van der Waals surface area (Å²) < 4.78 is 39.1. The Hall–Kier alpha value is -3.55. The third-order valence-corrected chi connectivity index (χ3v) is 6.04. The Morgan fingerprint density at radius 3 is 2.50 bits per heavy atom. The van der Waals surface area contributed by atoms with E-state index in [1.807, 2.05) is 0 Å². The van der Waals surface area contributed by atoms with Gasteiger partial charge in [0.1, 0.15) is 12.2 Å². The number of aryl methyl sites for hydroxylation is 1. The van der Waals surface area contributed by atoms with Gasteiger partial charge in [-0.3, -0.25) is 19.4 Å². The van der Waals surface area contributed by atoms with E-state index in [1.54, 1.807) is 52.9 Å². The maximum absolute atomic E-state index is 13.4. The number of anilines is 2. The zero-order chi connectivity index (χ0) is 26.6. The number of quaternary nitrogens is 1. The van der Waals surface area contributed by atoms with Gasteiger partial charge < -0.3 is 0 Å². The van der Waals surface area contributed by atoms with Crippen LogP contribution < -0.4 is 10.3 Å². The minimum absolute atomic E-state index is 0.231. The Kier molecular flexibility index (Phi) is 6.06. The lowest BCUT2D eigenvalue weighted by Gasteiger charge is -2.30. The van der Waals surface area contributed by atoms with E-state index >= 15 is 0 Å². The summed E-state index contributed by atoms with van der Waals surface area (Å²) in [4.78, 5) is 22.2. The van der Waals surface area contributed by atoms with Gasteiger partial charge in [0, 0.05) is 22.9 Å². The van der Waals surface area contributed by atoms with E-state index in [-0.39, 0.29) is 11.6 Å². The van der Waals surface area contributed by atoms with Crippen LogP contribution in [0.4, 0.5) is 24.5 Å². The lowest BCUT2D eigenvalue weighted by molar-refractivity contribution is -1.24. The zero-order valence-corrected chi connectivity index (χ0v) is 20.4. The summed E-state index contributed by atoms with van der Waals surface area (Å²) in [6, 6.07) is 2.80. The third kappa shape index (κ3) is 4.64. The Balaban J connectivity index is 1.71. The molecule has 0 aliphatic carbocycles. The van der Waals surface area contributed by atoms with Crippen LogP contribution in [0.2, 0.25) is 0 Å². The first-order valence-corrected chi connectivity index (χ1v) is 11.1. The Morgan fingerprint density at radius 2 is 1.86 bits per heavy atom. The number of pyridine rings is 2. The normalized spacial score (nSPS) is 15.5. The lowest BCUT2D eigenvalue weighted by atomic mass is 9.96. The Bertz CT molecular complexity index is 1320. The molecule has 0 aromatic carbocycles. The van der Waals surface area contributed by atoms with Crippen molar-refractivity contribution >= 4 is 17.3 Å². The number of carbonyl (C=O) groups is 1. The van der Waals surface area contributed by atoms with Crippen LogP contribution in [0.5, 0.6) is 0 Å². The van der Waals surface area contributed by atoms with E-state index < -0.39 is 29.2 Å². The highest BCUT2D eigenvalue weighted by molar-refractivity contribution is 6.12. The minimum Gasteiger partial charge on any atom is -0.294 e. The second-order valence-electron chi connectivity index (χ2n) is 9.58. The van der Waals surface area contributed by atoms with Crippen LogP contribution in [0, 0.1) is 6.92 Å². The van der Waals surface area contributed by atoms with Crippen LogP contribution in [0.3, 0.4) is 0 Å². The van der Waals surface area contributed by atoms with E-state index in [0.29, 0.717) is 33.8 Å². The van der Waals surface area contributed by atoms with Crippen LogP contribution in [-0.4, -0.2) is 53.2 Å². The summed E-state index contributed by atoms with van der Waals surface area (Å²) in [5, 5.41) is 24.0. The number of alkyl halides is 3. The second kappa shape index (κ2) is 8.54. The third-order valence-electron chi connectivity index (χ3n) is 6.04. The molecule has 0 saturated heterocycles. The first-order valence-electron chi connectivity index (χ1n) is 11.1. The molecule has 3 aromatic heterocycles. The van der Waals surface area contributed by atoms with Gasteiger partial charge >= 0.3 is 6.18 Å². The van der Waals surface area contributed by atoms with E-state index in [4.69, 9.17) is 4.98 Å². The number of hydrogen-bond acceptors (Lipinski definition) is 7. The molecule has 0 saturated carbocycles. The monoisotopic (exact) mass is 506 g/mol. The van der Waals surface area contributed by atoms with Gasteiger partial charge in [0.25, 0.3) is 5.91 Å². The molecule has 0 bridgehead atoms. The Labute approximate surface area is 205 Å². The highest BCUT2D eigenvalue weighted by Crippen LogP contribution is 2.43. The molecule has 1 amide bonds. The van der Waals surface area contributed by atoms with Crippen molar-refractivity contribution in [2.24, 2.45) is 0 Å². The summed E-state index contributed by atoms with van der Waals surface area (Å²) in [6.07, 6.45) is 0.966. The predicted octanol–water partition coefficient (Wildman–Crippen LogP) is 4.44. The summed E-state index contributed by atoms with van der Waals surface area (Å²) in [5.41, 5.74) is 4.68. The second-order valence-corrected chi connectivity index (χ2v) is 9.58. The number of nitrogens with one attached hydrogen (secondary N) is 1. The molecule has 3 N–H and O–H groups in total. The maximum Gasteiger partial charge on any atom is 0.408 e. The number of fused-ring (bicyclic) bond motifs is 1. The molecule has 0 radical (unpaired) electrons. The first-order chi connectivity index (χ1) is 16.6. The number of hydroxylamine groups is 2. The number of nitrogens with zero attached hydrogens (tertiary/aromatic N) is 6. The standard InChI is InChI=1S/C23H27F3N7O3/c1-13(2)33(35,36)30-16-7-15(8-27-9-16)18-6-14(3)19-20(29-18)22(4,5)32(21(19)34)17-10-28-31(11-17)12-23(24,25)26/h6-11,13,30,35-36H,12H2,1-5H3/q+1. The van der Waals surface area contributed by atoms with Crippen molar-refractivity contribution in [3.8, 4) is 11.3 Å². The number of aromatic nitrogens is 4. The smallest absolute Gasteiger partial charge is 0.294 e. The number of halogens is 3. The van der Waals surface area contributed by atoms with Crippen molar-refractivity contribution in [1.82, 2.24) is 19.7 Å². The Morgan fingerprint density at radius 1 is 1.17 bits per heavy atom. The van der Waals surface area contributed by atoms with Gasteiger partial charge in [0.15, 0.2) is 6.04 Å². The average molecular weight is 507 g/mol. The van der Waals surface area contributed by atoms with Gasteiger partial charge in [-0.05, 0) is 52.3 Å². The minimum atomic E-state index is -4.44. The predicted molar refractivity (Wildman–Crippen MR) is 123 cm³/mol. The molecule has 0 spiro atoms. The molecule has 0 atom stereocenters. The molecule has 0 unspecified atom stereocenters. The molecule has 4 heterocycles. The number of carbonyl (C=O) groups excluding carboxylic acids is 1. The van der Waals surface area contributed by atoms with Crippen LogP contribution in [0.25, 0.3) is 11.3 Å². The average Bonchev–Trinajstić information content (AvgIpc) is 3.25. The van der Waals surface area contributed by atoms with E-state index in [0.717, 1.165) is 4.68 Å². The molecule has 4 rings (SSSR count). The fourth-order valence-corrected chi connectivity index (χ4v) is 4.14. The van der Waals surface area contributed by atoms with Gasteiger partial charge in [-0.2, -0.15) is 34.1 Å². The number of amides is 1. The molecule has 3 aromatic rings. The molecule has 1 aliphatic heterocycles. The summed E-state index contributed by atoms with van der Waals surface area (Å²) in [7, 11) is 0. The summed E-state index contributed by atoms with van der Waals surface area (Å²) in [5.74, 6) is -0.383. The quantitative estimate of drug-likeness (QED) is 0.334. The van der Waals surface area contributed by atoms with Crippen molar-refractivity contribution in [3.63, 3.8) is 0 Å². The van der Waals surface area contributed by atoms with Crippen LogP contribution in [0.15, 0.2) is 36.9 Å². The number of rotatable bonds is 6. The van der Waals surface area contributed by atoms with E-state index in [2.05, 4.69) is 15.5 Å². The van der Waals surface area contributed by atoms with Crippen molar-refractivity contribution in [1.29, 1.82) is 0 Å². The van der Waals surface area contributed by atoms with Crippen molar-refractivity contribution in [2.45, 2.75) is 58.9 Å². The highest BCUT2D eigenvalue weighted by Gasteiger charge is 2.47. The number of hydrogen-bond donors (Lipinski definition) is 3. The van der Waals surface area contributed by atoms with Gasteiger partial charge in [0.2, 0.25) is 0 Å². The van der Waals surface area contributed by atoms with Crippen LogP contribution in [-0.2, 0) is 12.1 Å². The molecule has 36 heavy (non-hydrogen) atoms. The van der Waals surface area contributed by atoms with Crippen LogP contribution >= 0.6 is 0 Å². The molecule has 192 valence electrons. The molecule has 1 aliphatic rings. The zero-order valence-electron chi connectivity index (χ0n) is 20.4. The highest BCUT2D eigenvalue weighted by atomic mass is 19.4. The maximum atomic E-state index is 13.4. The molecular weight excluding hydrogens is 479 g/mol. The van der Waals surface area contributed by atoms with E-state index in [1.165, 1.54) is 23.5 Å². The van der Waals surface area contributed by atoms with Gasteiger partial charge in [0.05, 0.1) is 40.6 Å². The molecular formula is C23H27F3N7O3+. The molecule has 0 fully saturated rings. The van der Waals surface area contributed by atoms with E-state index in [9.17, 15) is 28.4 Å². The van der Waals surface area contributed by atoms with Crippen molar-refractivity contribution in [3.05, 3.63) is 53.7 Å². The molecule has 13 heteroatoms. The van der Waals surface area contributed by atoms with Crippen molar-refractivity contribution < 1.29 is 33.3 Å². The lowest BCUT2D eigenvalue weighted by Crippen LogP contribution is -2.51. The van der Waals surface area contributed by atoms with Gasteiger partial charge in [-0.25, -0.2) is 4.98 Å².